The predicted octanol–water partition coefficient (Wildman–Crippen LogP) is 1.70. The molecule has 0 unspecified atom stereocenters. The van der Waals surface area contributed by atoms with Crippen LogP contribution in [-0.2, 0) is 4.74 Å². The molecule has 5 nitrogen and oxygen atoms in total. The standard InChI is InChI=1S/C16H34N4O/c1-4-15(5-2)14-19-16(17-6-3)18-8-7-9-20-10-12-21-13-11-20/h15H,4-14H2,1-3H3,(H2,17,18,19). The molecule has 0 aromatic heterocycles. The minimum absolute atomic E-state index is 0.703. The summed E-state index contributed by atoms with van der Waals surface area (Å²) >= 11 is 0. The van der Waals surface area contributed by atoms with Crippen LogP contribution in [0, 0.1) is 5.92 Å². The van der Waals surface area contributed by atoms with Gasteiger partial charge in [0, 0.05) is 32.7 Å². The average molecular weight is 298 g/mol. The molecular weight excluding hydrogens is 264 g/mol. The monoisotopic (exact) mass is 298 g/mol. The van der Waals surface area contributed by atoms with Crippen molar-refractivity contribution < 1.29 is 4.74 Å². The Bertz CT molecular complexity index is 273. The predicted molar refractivity (Wildman–Crippen MR) is 89.9 cm³/mol. The summed E-state index contributed by atoms with van der Waals surface area (Å²) in [7, 11) is 0. The SMILES string of the molecule is CCNC(=NCC(CC)CC)NCCCN1CCOCC1. The maximum atomic E-state index is 5.37. The van der Waals surface area contributed by atoms with Gasteiger partial charge in [0.2, 0.25) is 0 Å². The van der Waals surface area contributed by atoms with Gasteiger partial charge in [0.05, 0.1) is 13.2 Å². The van der Waals surface area contributed by atoms with E-state index in [1.807, 2.05) is 0 Å². The summed E-state index contributed by atoms with van der Waals surface area (Å²) in [6, 6.07) is 0. The summed E-state index contributed by atoms with van der Waals surface area (Å²) in [6.45, 7) is 14.5. The van der Waals surface area contributed by atoms with Crippen LogP contribution in [0.2, 0.25) is 0 Å². The Labute approximate surface area is 130 Å². The molecule has 0 aromatic carbocycles. The lowest BCUT2D eigenvalue weighted by atomic mass is 10.0. The highest BCUT2D eigenvalue weighted by Crippen LogP contribution is 2.07. The first-order chi connectivity index (χ1) is 10.3. The van der Waals surface area contributed by atoms with Crippen LogP contribution >= 0.6 is 0 Å². The number of aliphatic imine (C=N–C) groups is 1. The fraction of sp³-hybridized carbons (Fsp3) is 0.938. The summed E-state index contributed by atoms with van der Waals surface area (Å²) < 4.78 is 5.37. The van der Waals surface area contributed by atoms with Crippen molar-refractivity contribution in [3.05, 3.63) is 0 Å². The van der Waals surface area contributed by atoms with Gasteiger partial charge in [-0.05, 0) is 25.8 Å². The van der Waals surface area contributed by atoms with Gasteiger partial charge in [-0.2, -0.15) is 0 Å². The number of rotatable bonds is 9. The van der Waals surface area contributed by atoms with Gasteiger partial charge in [-0.25, -0.2) is 0 Å². The van der Waals surface area contributed by atoms with E-state index in [-0.39, 0.29) is 0 Å². The number of morpholine rings is 1. The quantitative estimate of drug-likeness (QED) is 0.386. The van der Waals surface area contributed by atoms with Gasteiger partial charge in [0.15, 0.2) is 5.96 Å². The Morgan fingerprint density at radius 3 is 2.48 bits per heavy atom. The highest BCUT2D eigenvalue weighted by atomic mass is 16.5. The third-order valence-electron chi connectivity index (χ3n) is 4.05. The average Bonchev–Trinajstić information content (AvgIpc) is 2.53. The smallest absolute Gasteiger partial charge is 0.191 e. The molecule has 1 saturated heterocycles. The molecule has 0 amide bonds. The van der Waals surface area contributed by atoms with Gasteiger partial charge in [-0.3, -0.25) is 9.89 Å². The zero-order valence-corrected chi connectivity index (χ0v) is 14.2. The van der Waals surface area contributed by atoms with E-state index >= 15 is 0 Å². The van der Waals surface area contributed by atoms with E-state index < -0.39 is 0 Å². The molecule has 0 aromatic rings. The molecule has 0 saturated carbocycles. The Kier molecular flexibility index (Phi) is 10.3. The fourth-order valence-corrected chi connectivity index (χ4v) is 2.44. The second kappa shape index (κ2) is 11.8. The van der Waals surface area contributed by atoms with Crippen LogP contribution in [0.15, 0.2) is 4.99 Å². The largest absolute Gasteiger partial charge is 0.379 e. The van der Waals surface area contributed by atoms with E-state index in [2.05, 4.69) is 36.3 Å². The van der Waals surface area contributed by atoms with Crippen LogP contribution < -0.4 is 10.6 Å². The van der Waals surface area contributed by atoms with Gasteiger partial charge in [0.1, 0.15) is 0 Å². The van der Waals surface area contributed by atoms with Crippen molar-refractivity contribution in [3.63, 3.8) is 0 Å². The molecule has 1 rings (SSSR count). The molecule has 1 fully saturated rings. The molecule has 5 heteroatoms. The third kappa shape index (κ3) is 8.27. The Hall–Kier alpha value is -0.810. The van der Waals surface area contributed by atoms with Crippen LogP contribution in [-0.4, -0.2) is 63.3 Å². The highest BCUT2D eigenvalue weighted by Gasteiger charge is 2.09. The van der Waals surface area contributed by atoms with Gasteiger partial charge in [-0.1, -0.05) is 26.7 Å². The zero-order valence-electron chi connectivity index (χ0n) is 14.2. The minimum atomic E-state index is 0.703. The van der Waals surface area contributed by atoms with Crippen molar-refractivity contribution in [2.45, 2.75) is 40.0 Å². The second-order valence-electron chi connectivity index (χ2n) is 5.64. The normalized spacial score (nSPS) is 17.2. The first-order valence-electron chi connectivity index (χ1n) is 8.62. The Morgan fingerprint density at radius 2 is 1.86 bits per heavy atom. The summed E-state index contributed by atoms with van der Waals surface area (Å²) in [5, 5.41) is 6.77. The number of ether oxygens (including phenoxy) is 1. The maximum Gasteiger partial charge on any atom is 0.191 e. The van der Waals surface area contributed by atoms with E-state index in [9.17, 15) is 0 Å². The number of guanidine groups is 1. The molecule has 124 valence electrons. The Morgan fingerprint density at radius 1 is 1.14 bits per heavy atom. The molecule has 1 heterocycles. The van der Waals surface area contributed by atoms with Crippen molar-refractivity contribution in [2.24, 2.45) is 10.9 Å². The topological polar surface area (TPSA) is 48.9 Å². The third-order valence-corrected chi connectivity index (χ3v) is 4.05. The minimum Gasteiger partial charge on any atom is -0.379 e. The van der Waals surface area contributed by atoms with Crippen LogP contribution in [0.3, 0.4) is 0 Å². The van der Waals surface area contributed by atoms with Crippen LogP contribution in [0.4, 0.5) is 0 Å². The molecule has 1 aliphatic rings. The zero-order chi connectivity index (χ0) is 15.3. The van der Waals surface area contributed by atoms with Gasteiger partial charge in [-0.15, -0.1) is 0 Å². The molecular formula is C16H34N4O. The number of hydrogen-bond donors (Lipinski definition) is 2. The number of nitrogens with one attached hydrogen (secondary N) is 2. The molecule has 0 aliphatic carbocycles. The molecule has 2 N–H and O–H groups in total. The molecule has 0 spiro atoms. The summed E-state index contributed by atoms with van der Waals surface area (Å²) in [4.78, 5) is 7.17. The molecule has 1 aliphatic heterocycles. The summed E-state index contributed by atoms with van der Waals surface area (Å²) in [5.74, 6) is 1.67. The lowest BCUT2D eigenvalue weighted by molar-refractivity contribution is 0.0376. The van der Waals surface area contributed by atoms with E-state index in [1.165, 1.54) is 12.8 Å². The van der Waals surface area contributed by atoms with Gasteiger partial charge < -0.3 is 15.4 Å². The molecule has 0 atom stereocenters. The molecule has 0 radical (unpaired) electrons. The van der Waals surface area contributed by atoms with E-state index in [0.29, 0.717) is 5.92 Å². The van der Waals surface area contributed by atoms with Crippen LogP contribution in [0.5, 0.6) is 0 Å². The van der Waals surface area contributed by atoms with Crippen molar-refractivity contribution in [3.8, 4) is 0 Å². The second-order valence-corrected chi connectivity index (χ2v) is 5.64. The lowest BCUT2D eigenvalue weighted by Crippen LogP contribution is -2.41. The van der Waals surface area contributed by atoms with Gasteiger partial charge >= 0.3 is 0 Å². The number of nitrogens with zero attached hydrogens (tertiary/aromatic N) is 2. The molecule has 0 bridgehead atoms. The van der Waals surface area contributed by atoms with Crippen molar-refractivity contribution >= 4 is 5.96 Å². The van der Waals surface area contributed by atoms with E-state index in [1.54, 1.807) is 0 Å². The lowest BCUT2D eigenvalue weighted by Gasteiger charge is -2.26. The van der Waals surface area contributed by atoms with Crippen molar-refractivity contribution in [2.75, 3.05) is 52.5 Å². The molecule has 21 heavy (non-hydrogen) atoms. The van der Waals surface area contributed by atoms with E-state index in [4.69, 9.17) is 9.73 Å². The van der Waals surface area contributed by atoms with Crippen LogP contribution in [0.25, 0.3) is 0 Å². The summed E-state index contributed by atoms with van der Waals surface area (Å²) in [5.41, 5.74) is 0. The Balaban J connectivity index is 2.21. The highest BCUT2D eigenvalue weighted by molar-refractivity contribution is 5.79. The van der Waals surface area contributed by atoms with Crippen LogP contribution in [0.1, 0.15) is 40.0 Å². The van der Waals surface area contributed by atoms with Gasteiger partial charge in [0.25, 0.3) is 0 Å². The van der Waals surface area contributed by atoms with Crippen molar-refractivity contribution in [1.82, 2.24) is 15.5 Å². The van der Waals surface area contributed by atoms with E-state index in [0.717, 1.165) is 64.9 Å². The first-order valence-corrected chi connectivity index (χ1v) is 8.62. The fourth-order valence-electron chi connectivity index (χ4n) is 2.44. The van der Waals surface area contributed by atoms with Crippen molar-refractivity contribution in [1.29, 1.82) is 0 Å². The summed E-state index contributed by atoms with van der Waals surface area (Å²) in [6.07, 6.45) is 3.56. The number of hydrogen-bond acceptors (Lipinski definition) is 3. The first kappa shape index (κ1) is 18.2. The maximum absolute atomic E-state index is 5.37.